The van der Waals surface area contributed by atoms with Gasteiger partial charge in [-0.05, 0) is 28.1 Å². The summed E-state index contributed by atoms with van der Waals surface area (Å²) >= 11 is 9.91. The molecule has 0 atom stereocenters. The third-order valence-corrected chi connectivity index (χ3v) is 3.85. The number of carbonyl (C=O) groups excluding carboxylic acids is 1. The number of carbonyl (C=O) groups is 1. The molecule has 1 heterocycles. The number of aromatic nitrogens is 1. The van der Waals surface area contributed by atoms with Gasteiger partial charge in [0.2, 0.25) is 0 Å². The molecule has 1 aromatic heterocycles. The number of halogens is 3. The molecule has 0 saturated heterocycles. The van der Waals surface area contributed by atoms with E-state index in [0.29, 0.717) is 15.0 Å². The fourth-order valence-electron chi connectivity index (χ4n) is 1.29. The Balaban J connectivity index is 2.47. The van der Waals surface area contributed by atoms with E-state index in [-0.39, 0.29) is 23.2 Å². The van der Waals surface area contributed by atoms with Gasteiger partial charge in [0.25, 0.3) is 0 Å². The lowest BCUT2D eigenvalue weighted by atomic mass is 10.2. The fourth-order valence-corrected chi connectivity index (χ4v) is 2.97. The summed E-state index contributed by atoms with van der Waals surface area (Å²) in [7, 11) is 0. The normalized spacial score (nSPS) is 10.5. The van der Waals surface area contributed by atoms with E-state index in [1.165, 1.54) is 17.4 Å². The lowest BCUT2D eigenvalue weighted by Crippen LogP contribution is -2.00. The van der Waals surface area contributed by atoms with Crippen LogP contribution in [-0.4, -0.2) is 16.6 Å². The summed E-state index contributed by atoms with van der Waals surface area (Å²) in [4.78, 5) is 15.4. The van der Waals surface area contributed by atoms with Crippen molar-refractivity contribution in [2.75, 3.05) is 5.88 Å². The Hall–Kier alpha value is -0.780. The first-order valence-corrected chi connectivity index (χ1v) is 6.83. The Bertz CT molecular complexity index is 552. The molecule has 0 unspecified atom stereocenters. The number of hydrogen-bond donors (Lipinski definition) is 0. The minimum Gasteiger partial charge on any atom is -0.291 e. The second kappa shape index (κ2) is 5.25. The van der Waals surface area contributed by atoms with Crippen LogP contribution in [0.25, 0.3) is 10.6 Å². The van der Waals surface area contributed by atoms with Crippen molar-refractivity contribution in [2.45, 2.75) is 0 Å². The third-order valence-electron chi connectivity index (χ3n) is 2.09. The molecule has 0 aliphatic heterocycles. The molecule has 6 heteroatoms. The van der Waals surface area contributed by atoms with Crippen molar-refractivity contribution >= 4 is 44.7 Å². The summed E-state index contributed by atoms with van der Waals surface area (Å²) in [5.41, 5.74) is 0.640. The van der Waals surface area contributed by atoms with Crippen molar-refractivity contribution < 1.29 is 9.18 Å². The van der Waals surface area contributed by atoms with Crippen LogP contribution in [-0.2, 0) is 0 Å². The van der Waals surface area contributed by atoms with E-state index in [1.54, 1.807) is 17.5 Å². The van der Waals surface area contributed by atoms with Crippen LogP contribution in [0.3, 0.4) is 0 Å². The Kier molecular flexibility index (Phi) is 3.91. The first-order valence-electron chi connectivity index (χ1n) is 4.62. The maximum Gasteiger partial charge on any atom is 0.196 e. The second-order valence-electron chi connectivity index (χ2n) is 3.19. The zero-order valence-corrected chi connectivity index (χ0v) is 11.6. The Morgan fingerprint density at radius 2 is 2.29 bits per heavy atom. The number of nitrogens with zero attached hydrogens (tertiary/aromatic N) is 1. The van der Waals surface area contributed by atoms with Crippen molar-refractivity contribution in [3.8, 4) is 10.6 Å². The number of ketones is 1. The molecule has 0 saturated carbocycles. The summed E-state index contributed by atoms with van der Waals surface area (Å²) in [6.07, 6.45) is 0. The topological polar surface area (TPSA) is 30.0 Å². The zero-order chi connectivity index (χ0) is 12.4. The molecule has 0 bridgehead atoms. The molecule has 0 fully saturated rings. The quantitative estimate of drug-likeness (QED) is 0.624. The van der Waals surface area contributed by atoms with Crippen LogP contribution >= 0.6 is 38.9 Å². The second-order valence-corrected chi connectivity index (χ2v) is 5.17. The highest BCUT2D eigenvalue weighted by atomic mass is 79.9. The molecule has 17 heavy (non-hydrogen) atoms. The van der Waals surface area contributed by atoms with Crippen molar-refractivity contribution in [1.29, 1.82) is 0 Å². The molecule has 0 spiro atoms. The molecule has 0 radical (unpaired) electrons. The van der Waals surface area contributed by atoms with Gasteiger partial charge in [-0.3, -0.25) is 4.79 Å². The minimum absolute atomic E-state index is 0.123. The van der Waals surface area contributed by atoms with E-state index < -0.39 is 0 Å². The Morgan fingerprint density at radius 1 is 1.53 bits per heavy atom. The van der Waals surface area contributed by atoms with Crippen molar-refractivity contribution in [3.63, 3.8) is 0 Å². The number of thiazole rings is 1. The third kappa shape index (κ3) is 2.56. The first kappa shape index (κ1) is 12.7. The lowest BCUT2D eigenvalue weighted by molar-refractivity contribution is 0.101. The molecule has 0 amide bonds. The minimum atomic E-state index is -0.376. The molecule has 0 N–H and O–H groups in total. The summed E-state index contributed by atoms with van der Waals surface area (Å²) < 4.78 is 14.3. The van der Waals surface area contributed by atoms with Crippen LogP contribution in [0.4, 0.5) is 4.39 Å². The van der Waals surface area contributed by atoms with Crippen LogP contribution in [0.1, 0.15) is 10.5 Å². The SMILES string of the molecule is O=C(CCl)c1csc(-c2c(F)cccc2Br)n1. The Morgan fingerprint density at radius 3 is 2.94 bits per heavy atom. The van der Waals surface area contributed by atoms with Crippen molar-refractivity contribution in [3.05, 3.63) is 39.6 Å². The van der Waals surface area contributed by atoms with Gasteiger partial charge in [-0.15, -0.1) is 22.9 Å². The van der Waals surface area contributed by atoms with Crippen molar-refractivity contribution in [1.82, 2.24) is 4.98 Å². The van der Waals surface area contributed by atoms with Gasteiger partial charge in [0, 0.05) is 9.85 Å². The first-order chi connectivity index (χ1) is 8.13. The molecular formula is C11H6BrClFNOS. The summed E-state index contributed by atoms with van der Waals surface area (Å²) in [5.74, 6) is -0.762. The monoisotopic (exact) mass is 333 g/mol. The fraction of sp³-hybridized carbons (Fsp3) is 0.0909. The number of hydrogen-bond acceptors (Lipinski definition) is 3. The van der Waals surface area contributed by atoms with Crippen LogP contribution in [0.5, 0.6) is 0 Å². The number of benzene rings is 1. The molecule has 88 valence electrons. The van der Waals surface area contributed by atoms with Gasteiger partial charge in [0.15, 0.2) is 5.78 Å². The van der Waals surface area contributed by atoms with E-state index >= 15 is 0 Å². The molecular weight excluding hydrogens is 329 g/mol. The maximum absolute atomic E-state index is 13.7. The molecule has 2 nitrogen and oxygen atoms in total. The summed E-state index contributed by atoms with van der Waals surface area (Å²) in [6, 6.07) is 4.68. The van der Waals surface area contributed by atoms with Crippen LogP contribution in [0.2, 0.25) is 0 Å². The lowest BCUT2D eigenvalue weighted by Gasteiger charge is -2.01. The predicted molar refractivity (Wildman–Crippen MR) is 70.3 cm³/mol. The number of rotatable bonds is 3. The average Bonchev–Trinajstić information content (AvgIpc) is 2.77. The summed E-state index contributed by atoms with van der Waals surface area (Å²) in [5, 5.41) is 2.04. The zero-order valence-electron chi connectivity index (χ0n) is 8.41. The van der Waals surface area contributed by atoms with Gasteiger partial charge < -0.3 is 0 Å². The molecule has 0 aliphatic rings. The van der Waals surface area contributed by atoms with Crippen LogP contribution < -0.4 is 0 Å². The highest BCUT2D eigenvalue weighted by Gasteiger charge is 2.15. The number of Topliss-reactive ketones (excluding diaryl/α,β-unsaturated/α-hetero) is 1. The van der Waals surface area contributed by atoms with Gasteiger partial charge in [-0.1, -0.05) is 6.07 Å². The standard InChI is InChI=1S/C11H6BrClFNOS/c12-6-2-1-3-7(14)10(6)11-15-8(5-17-11)9(16)4-13/h1-3,5H,4H2. The van der Waals surface area contributed by atoms with E-state index in [9.17, 15) is 9.18 Å². The van der Waals surface area contributed by atoms with E-state index in [4.69, 9.17) is 11.6 Å². The smallest absolute Gasteiger partial charge is 0.196 e. The van der Waals surface area contributed by atoms with E-state index in [0.717, 1.165) is 0 Å². The van der Waals surface area contributed by atoms with Crippen LogP contribution in [0, 0.1) is 5.82 Å². The molecule has 1 aromatic carbocycles. The molecule has 2 aromatic rings. The average molecular weight is 335 g/mol. The van der Waals surface area contributed by atoms with Gasteiger partial charge in [0.1, 0.15) is 16.5 Å². The highest BCUT2D eigenvalue weighted by Crippen LogP contribution is 2.32. The molecule has 0 aliphatic carbocycles. The Labute approximate surface area is 115 Å². The van der Waals surface area contributed by atoms with E-state index in [1.807, 2.05) is 0 Å². The van der Waals surface area contributed by atoms with Crippen LogP contribution in [0.15, 0.2) is 28.1 Å². The highest BCUT2D eigenvalue weighted by molar-refractivity contribution is 9.10. The van der Waals surface area contributed by atoms with Gasteiger partial charge in [0.05, 0.1) is 11.4 Å². The van der Waals surface area contributed by atoms with Crippen molar-refractivity contribution in [2.24, 2.45) is 0 Å². The number of alkyl halides is 1. The van der Waals surface area contributed by atoms with Gasteiger partial charge in [-0.25, -0.2) is 9.37 Å². The largest absolute Gasteiger partial charge is 0.291 e. The van der Waals surface area contributed by atoms with Gasteiger partial charge >= 0.3 is 0 Å². The summed E-state index contributed by atoms with van der Waals surface area (Å²) in [6.45, 7) is 0. The molecule has 2 rings (SSSR count). The maximum atomic E-state index is 13.7. The van der Waals surface area contributed by atoms with E-state index in [2.05, 4.69) is 20.9 Å². The predicted octanol–water partition coefficient (Wildman–Crippen LogP) is 4.13. The van der Waals surface area contributed by atoms with Gasteiger partial charge in [-0.2, -0.15) is 0 Å².